The molecule has 0 spiro atoms. The molecule has 1 amide bonds. The molecular weight excluding hydrogens is 374 g/mol. The Morgan fingerprint density at radius 3 is 2.82 bits per heavy atom. The van der Waals surface area contributed by atoms with Gasteiger partial charge in [-0.15, -0.1) is 0 Å². The molecule has 2 aromatic carbocycles. The second-order valence-electron chi connectivity index (χ2n) is 7.34. The van der Waals surface area contributed by atoms with Crippen LogP contribution in [-0.2, 0) is 16.4 Å². The van der Waals surface area contributed by atoms with E-state index in [0.717, 1.165) is 43.5 Å². The van der Waals surface area contributed by atoms with Gasteiger partial charge < -0.3 is 10.6 Å². The van der Waals surface area contributed by atoms with E-state index in [0.29, 0.717) is 24.7 Å². The molecule has 1 unspecified atom stereocenters. The van der Waals surface area contributed by atoms with E-state index in [-0.39, 0.29) is 10.8 Å². The van der Waals surface area contributed by atoms with Crippen LogP contribution < -0.4 is 14.9 Å². The van der Waals surface area contributed by atoms with Crippen LogP contribution in [0.3, 0.4) is 0 Å². The van der Waals surface area contributed by atoms with Crippen molar-refractivity contribution in [2.75, 3.05) is 23.9 Å². The van der Waals surface area contributed by atoms with E-state index >= 15 is 0 Å². The van der Waals surface area contributed by atoms with Gasteiger partial charge in [-0.2, -0.15) is 0 Å². The minimum Gasteiger partial charge on any atom is -0.350 e. The molecule has 4 rings (SSSR count). The minimum atomic E-state index is -3.72. The highest BCUT2D eigenvalue weighted by atomic mass is 32.2. The molecule has 1 atom stereocenters. The fourth-order valence-corrected chi connectivity index (χ4v) is 5.51. The van der Waals surface area contributed by atoms with Gasteiger partial charge in [-0.25, -0.2) is 8.42 Å². The topological polar surface area (TPSA) is 78.5 Å². The number of rotatable bonds is 5. The summed E-state index contributed by atoms with van der Waals surface area (Å²) in [6.07, 6.45) is 3.82. The molecule has 0 aliphatic carbocycles. The van der Waals surface area contributed by atoms with Crippen LogP contribution in [0.1, 0.15) is 35.2 Å². The van der Waals surface area contributed by atoms with Crippen LogP contribution in [0.2, 0.25) is 0 Å². The Morgan fingerprint density at radius 2 is 2.00 bits per heavy atom. The van der Waals surface area contributed by atoms with Crippen molar-refractivity contribution in [1.29, 1.82) is 0 Å². The third-order valence-corrected chi connectivity index (χ3v) is 7.23. The average Bonchev–Trinajstić information content (AvgIpc) is 3.25. The van der Waals surface area contributed by atoms with E-state index in [9.17, 15) is 13.2 Å². The van der Waals surface area contributed by atoms with E-state index in [1.807, 2.05) is 24.3 Å². The molecule has 1 saturated heterocycles. The van der Waals surface area contributed by atoms with Crippen molar-refractivity contribution >= 4 is 21.6 Å². The Morgan fingerprint density at radius 1 is 1.14 bits per heavy atom. The van der Waals surface area contributed by atoms with E-state index in [2.05, 4.69) is 10.6 Å². The van der Waals surface area contributed by atoms with E-state index in [1.165, 1.54) is 10.4 Å². The Balaban J connectivity index is 1.56. The predicted octanol–water partition coefficient (Wildman–Crippen LogP) is 2.31. The molecule has 2 aliphatic rings. The number of anilines is 1. The molecule has 1 fully saturated rings. The summed E-state index contributed by atoms with van der Waals surface area (Å²) in [5.74, 6) is -0.246. The van der Waals surface area contributed by atoms with Crippen molar-refractivity contribution in [1.82, 2.24) is 10.6 Å². The van der Waals surface area contributed by atoms with Gasteiger partial charge in [0.15, 0.2) is 0 Å². The van der Waals surface area contributed by atoms with Crippen LogP contribution in [0.4, 0.5) is 5.69 Å². The van der Waals surface area contributed by atoms with Crippen molar-refractivity contribution in [3.63, 3.8) is 0 Å². The Bertz CT molecular complexity index is 968. The fraction of sp³-hybridized carbons (Fsp3) is 0.381. The Kier molecular flexibility index (Phi) is 5.37. The average molecular weight is 400 g/mol. The second-order valence-corrected chi connectivity index (χ2v) is 9.20. The number of amides is 1. The summed E-state index contributed by atoms with van der Waals surface area (Å²) in [6.45, 7) is 1.98. The highest BCUT2D eigenvalue weighted by Crippen LogP contribution is 2.31. The van der Waals surface area contributed by atoms with Gasteiger partial charge in [0.2, 0.25) is 0 Å². The lowest BCUT2D eigenvalue weighted by Crippen LogP contribution is -2.37. The Hall–Kier alpha value is -2.38. The number of nitrogens with one attached hydrogen (secondary N) is 2. The zero-order chi connectivity index (χ0) is 19.6. The molecule has 28 heavy (non-hydrogen) atoms. The molecule has 2 aromatic rings. The van der Waals surface area contributed by atoms with Crippen molar-refractivity contribution in [2.24, 2.45) is 0 Å². The first-order valence-electron chi connectivity index (χ1n) is 9.78. The van der Waals surface area contributed by atoms with Crippen LogP contribution >= 0.6 is 0 Å². The number of carbonyl (C=O) groups is 1. The van der Waals surface area contributed by atoms with Crippen LogP contribution in [0.25, 0.3) is 0 Å². The van der Waals surface area contributed by atoms with Gasteiger partial charge in [0.1, 0.15) is 0 Å². The van der Waals surface area contributed by atoms with Gasteiger partial charge >= 0.3 is 0 Å². The number of aryl methyl sites for hydroxylation is 1. The SMILES string of the molecule is O=C(NCC1CCCN1)c1cccc(S(=O)(=O)N2CCCc3ccccc32)c1. The summed E-state index contributed by atoms with van der Waals surface area (Å²) in [4.78, 5) is 12.7. The van der Waals surface area contributed by atoms with Gasteiger partial charge in [0.05, 0.1) is 10.6 Å². The summed E-state index contributed by atoms with van der Waals surface area (Å²) < 4.78 is 28.0. The van der Waals surface area contributed by atoms with Crippen LogP contribution in [0, 0.1) is 0 Å². The molecule has 2 heterocycles. The summed E-state index contributed by atoms with van der Waals surface area (Å²) in [5.41, 5.74) is 2.13. The first-order valence-corrected chi connectivity index (χ1v) is 11.2. The highest BCUT2D eigenvalue weighted by molar-refractivity contribution is 7.92. The lowest BCUT2D eigenvalue weighted by molar-refractivity contribution is 0.0950. The van der Waals surface area contributed by atoms with Crippen LogP contribution in [0.5, 0.6) is 0 Å². The monoisotopic (exact) mass is 399 g/mol. The normalized spacial score (nSPS) is 19.3. The lowest BCUT2D eigenvalue weighted by Gasteiger charge is -2.30. The fourth-order valence-electron chi connectivity index (χ4n) is 3.92. The number of para-hydroxylation sites is 1. The maximum Gasteiger partial charge on any atom is 0.264 e. The summed E-state index contributed by atoms with van der Waals surface area (Å²) >= 11 is 0. The van der Waals surface area contributed by atoms with Gasteiger partial charge in [0.25, 0.3) is 15.9 Å². The quantitative estimate of drug-likeness (QED) is 0.809. The van der Waals surface area contributed by atoms with Gasteiger partial charge in [-0.05, 0) is 62.1 Å². The maximum absolute atomic E-state index is 13.3. The number of hydrogen-bond acceptors (Lipinski definition) is 4. The van der Waals surface area contributed by atoms with Crippen molar-refractivity contribution in [3.8, 4) is 0 Å². The molecule has 148 valence electrons. The number of carbonyl (C=O) groups excluding carboxylic acids is 1. The highest BCUT2D eigenvalue weighted by Gasteiger charge is 2.29. The number of hydrogen-bond donors (Lipinski definition) is 2. The van der Waals surface area contributed by atoms with E-state index < -0.39 is 10.0 Å². The molecule has 0 bridgehead atoms. The molecule has 0 radical (unpaired) electrons. The summed E-state index contributed by atoms with van der Waals surface area (Å²) in [7, 11) is -3.72. The zero-order valence-electron chi connectivity index (χ0n) is 15.7. The van der Waals surface area contributed by atoms with Gasteiger partial charge in [-0.3, -0.25) is 9.10 Å². The third-order valence-electron chi connectivity index (χ3n) is 5.42. The molecule has 6 nitrogen and oxygen atoms in total. The number of fused-ring (bicyclic) bond motifs is 1. The predicted molar refractivity (Wildman–Crippen MR) is 109 cm³/mol. The number of benzene rings is 2. The van der Waals surface area contributed by atoms with Crippen LogP contribution in [-0.4, -0.2) is 40.0 Å². The van der Waals surface area contributed by atoms with Crippen molar-refractivity contribution in [2.45, 2.75) is 36.6 Å². The first-order chi connectivity index (χ1) is 13.6. The minimum absolute atomic E-state index is 0.149. The van der Waals surface area contributed by atoms with E-state index in [1.54, 1.807) is 18.2 Å². The van der Waals surface area contributed by atoms with Crippen molar-refractivity contribution in [3.05, 3.63) is 59.7 Å². The summed E-state index contributed by atoms with van der Waals surface area (Å²) in [5, 5.41) is 6.24. The lowest BCUT2D eigenvalue weighted by atomic mass is 10.0. The molecule has 7 heteroatoms. The second kappa shape index (κ2) is 7.93. The van der Waals surface area contributed by atoms with Gasteiger partial charge in [0, 0.05) is 24.7 Å². The molecule has 2 N–H and O–H groups in total. The maximum atomic E-state index is 13.3. The number of nitrogens with zero attached hydrogens (tertiary/aromatic N) is 1. The van der Waals surface area contributed by atoms with Crippen molar-refractivity contribution < 1.29 is 13.2 Å². The third kappa shape index (κ3) is 3.77. The molecule has 0 aromatic heterocycles. The largest absolute Gasteiger partial charge is 0.350 e. The van der Waals surface area contributed by atoms with Crippen LogP contribution in [0.15, 0.2) is 53.4 Å². The van der Waals surface area contributed by atoms with Gasteiger partial charge in [-0.1, -0.05) is 24.3 Å². The zero-order valence-corrected chi connectivity index (χ0v) is 16.5. The molecule has 0 saturated carbocycles. The first kappa shape index (κ1) is 19.0. The summed E-state index contributed by atoms with van der Waals surface area (Å²) in [6, 6.07) is 14.2. The smallest absolute Gasteiger partial charge is 0.264 e. The van der Waals surface area contributed by atoms with E-state index in [4.69, 9.17) is 0 Å². The molecule has 2 aliphatic heterocycles. The Labute approximate surface area is 166 Å². The number of sulfonamides is 1. The molecular formula is C21H25N3O3S. The standard InChI is InChI=1S/C21H25N3O3S/c25-21(23-15-18-9-4-12-22-18)17-7-3-10-19(14-17)28(26,27)24-13-5-8-16-6-1-2-11-20(16)24/h1-3,6-7,10-11,14,18,22H,4-5,8-9,12-13,15H2,(H,23,25).